The van der Waals surface area contributed by atoms with Crippen molar-refractivity contribution in [2.24, 2.45) is 0 Å². The van der Waals surface area contributed by atoms with E-state index in [0.29, 0.717) is 0 Å². The Hall–Kier alpha value is -0.0714. The van der Waals surface area contributed by atoms with E-state index < -0.39 is 0 Å². The minimum absolute atomic E-state index is 0. The largest absolute Gasteiger partial charge is 3.00 e. The predicted octanol–water partition coefficient (Wildman–Crippen LogP) is -0.774. The summed E-state index contributed by atoms with van der Waals surface area (Å²) in [6.45, 7) is 0. The Labute approximate surface area is 189 Å². The molecule has 0 bridgehead atoms. The zero-order chi connectivity index (χ0) is 14.1. The van der Waals surface area contributed by atoms with Gasteiger partial charge in [-0.05, 0) is 0 Å². The van der Waals surface area contributed by atoms with Crippen LogP contribution in [0.25, 0.3) is 0 Å². The topological polar surface area (TPSA) is 0 Å². The van der Waals surface area contributed by atoms with E-state index in [0.717, 1.165) is 25.7 Å². The normalized spacial score (nSPS) is 14.7. The Bertz CT molecular complexity index is 340. The number of halogens is 2. The molecule has 24 heavy (non-hydrogen) atoms. The van der Waals surface area contributed by atoms with Crippen molar-refractivity contribution in [3.8, 4) is 0 Å². The standard InChI is InChI=1S/4C5H5.2ClH.2Ti/c4*1-2-4-5-3-1;;;;/h4*1-3H,4H2;2*1H;;/q4*-1;;;2*+3/p-2. The summed E-state index contributed by atoms with van der Waals surface area (Å²) >= 11 is 0. The average molecular weight is 427 g/mol. The zero-order valence-electron chi connectivity index (χ0n) is 13.5. The summed E-state index contributed by atoms with van der Waals surface area (Å²) in [4.78, 5) is 0. The molecule has 4 rings (SSSR count). The summed E-state index contributed by atoms with van der Waals surface area (Å²) in [6, 6.07) is 0. The fourth-order valence-corrected chi connectivity index (χ4v) is 1.36. The first-order valence-corrected chi connectivity index (χ1v) is 6.87. The van der Waals surface area contributed by atoms with Crippen molar-refractivity contribution in [2.75, 3.05) is 0 Å². The van der Waals surface area contributed by atoms with E-state index in [1.165, 1.54) is 0 Å². The quantitative estimate of drug-likeness (QED) is 0.352. The number of allylic oxidation sites excluding steroid dienone is 16. The summed E-state index contributed by atoms with van der Waals surface area (Å²) < 4.78 is 0. The molecule has 0 saturated carbocycles. The Balaban J connectivity index is -0.000000105. The first-order valence-electron chi connectivity index (χ1n) is 6.87. The van der Waals surface area contributed by atoms with Gasteiger partial charge < -0.3 is 24.8 Å². The molecule has 0 fully saturated rings. The minimum atomic E-state index is 0. The van der Waals surface area contributed by atoms with Gasteiger partial charge in [0.2, 0.25) is 0 Å². The summed E-state index contributed by atoms with van der Waals surface area (Å²) in [5, 5.41) is 0. The van der Waals surface area contributed by atoms with Gasteiger partial charge in [-0.1, -0.05) is 0 Å². The third-order valence-corrected chi connectivity index (χ3v) is 2.34. The fourth-order valence-electron chi connectivity index (χ4n) is 1.36. The van der Waals surface area contributed by atoms with Crippen LogP contribution in [-0.2, 0) is 43.4 Å². The molecule has 4 heteroatoms. The van der Waals surface area contributed by atoms with Gasteiger partial charge in [-0.15, -0.1) is 25.7 Å². The van der Waals surface area contributed by atoms with Crippen molar-refractivity contribution in [3.63, 3.8) is 0 Å². The van der Waals surface area contributed by atoms with Gasteiger partial charge in [0, 0.05) is 0 Å². The molecule has 4 aliphatic rings. The third-order valence-electron chi connectivity index (χ3n) is 2.34. The molecule has 122 valence electrons. The van der Waals surface area contributed by atoms with Crippen LogP contribution in [0.2, 0.25) is 0 Å². The Morgan fingerprint density at radius 2 is 0.625 bits per heavy atom. The van der Waals surface area contributed by atoms with Gasteiger partial charge in [-0.25, -0.2) is 48.6 Å². The molecule has 4 aliphatic carbocycles. The van der Waals surface area contributed by atoms with Crippen molar-refractivity contribution in [3.05, 3.63) is 97.2 Å². The summed E-state index contributed by atoms with van der Waals surface area (Å²) in [6.07, 6.45) is 40.0. The van der Waals surface area contributed by atoms with Crippen molar-refractivity contribution >= 4 is 0 Å². The van der Waals surface area contributed by atoms with Crippen molar-refractivity contribution in [2.45, 2.75) is 25.7 Å². The molecule has 0 aromatic heterocycles. The number of hydrogen-bond acceptors (Lipinski definition) is 0. The molecule has 0 amide bonds. The van der Waals surface area contributed by atoms with Crippen LogP contribution in [-0.4, -0.2) is 0 Å². The van der Waals surface area contributed by atoms with E-state index in [1.807, 2.05) is 48.6 Å². The average Bonchev–Trinajstić information content (AvgIpc) is 3.40. The molecule has 0 nitrogen and oxygen atoms in total. The fraction of sp³-hybridized carbons (Fsp3) is 0.200. The number of hydrogen-bond donors (Lipinski definition) is 0. The van der Waals surface area contributed by atoms with E-state index in [1.54, 1.807) is 0 Å². The van der Waals surface area contributed by atoms with Gasteiger partial charge in [-0.3, -0.25) is 24.3 Å². The maximum absolute atomic E-state index is 2.99. The van der Waals surface area contributed by atoms with E-state index in [9.17, 15) is 0 Å². The first-order chi connectivity index (χ1) is 10.0. The molecule has 0 saturated heterocycles. The van der Waals surface area contributed by atoms with Gasteiger partial charge in [0.1, 0.15) is 0 Å². The monoisotopic (exact) mass is 426 g/mol. The van der Waals surface area contributed by atoms with E-state index in [-0.39, 0.29) is 68.2 Å². The van der Waals surface area contributed by atoms with Gasteiger partial charge in [0.05, 0.1) is 0 Å². The molecule has 2 radical (unpaired) electrons. The van der Waals surface area contributed by atoms with Gasteiger partial charge in [0.25, 0.3) is 0 Å². The van der Waals surface area contributed by atoms with Crippen molar-refractivity contribution in [1.82, 2.24) is 0 Å². The van der Waals surface area contributed by atoms with E-state index >= 15 is 0 Å². The van der Waals surface area contributed by atoms with E-state index in [2.05, 4.69) is 48.6 Å². The summed E-state index contributed by atoms with van der Waals surface area (Å²) in [5.74, 6) is 0. The molecule has 0 aromatic rings. The van der Waals surface area contributed by atoms with Crippen LogP contribution in [0.1, 0.15) is 25.7 Å². The second-order valence-corrected chi connectivity index (χ2v) is 4.01. The maximum Gasteiger partial charge on any atom is 3.00 e. The van der Waals surface area contributed by atoms with Crippen LogP contribution in [0.5, 0.6) is 0 Å². The van der Waals surface area contributed by atoms with Crippen LogP contribution in [0.15, 0.2) is 72.9 Å². The van der Waals surface area contributed by atoms with Crippen molar-refractivity contribution < 1.29 is 68.2 Å². The van der Waals surface area contributed by atoms with Gasteiger partial charge in [0.15, 0.2) is 0 Å². The van der Waals surface area contributed by atoms with Crippen LogP contribution in [0.4, 0.5) is 0 Å². The Kier molecular flexibility index (Phi) is 36.6. The predicted molar refractivity (Wildman–Crippen MR) is 86.3 cm³/mol. The number of rotatable bonds is 0. The molecule has 0 aromatic carbocycles. The molecule has 0 aliphatic heterocycles. The second-order valence-electron chi connectivity index (χ2n) is 4.01. The van der Waals surface area contributed by atoms with Crippen LogP contribution < -0.4 is 24.8 Å². The SMILES string of the molecule is [C-]1=CC=CC1.[C-]1=CC=CC1.[C-]1=CC=CC1.[C-]1=CC=CC1.[Cl-].[Cl-].[Ti+3].[Ti+3]. The molecule has 0 atom stereocenters. The molecular weight excluding hydrogens is 407 g/mol. The molecule has 0 unspecified atom stereocenters. The summed E-state index contributed by atoms with van der Waals surface area (Å²) in [5.41, 5.74) is 0. The Morgan fingerprint density at radius 3 is 0.667 bits per heavy atom. The van der Waals surface area contributed by atoms with Crippen LogP contribution in [0, 0.1) is 24.3 Å². The van der Waals surface area contributed by atoms with Crippen molar-refractivity contribution in [1.29, 1.82) is 0 Å². The Morgan fingerprint density at radius 1 is 0.417 bits per heavy atom. The van der Waals surface area contributed by atoms with Gasteiger partial charge >= 0.3 is 43.4 Å². The molecular formula is C20H20Cl2Ti2. The third kappa shape index (κ3) is 24.2. The maximum atomic E-state index is 2.99. The molecule has 0 spiro atoms. The van der Waals surface area contributed by atoms with Crippen LogP contribution in [0.3, 0.4) is 0 Å². The minimum Gasteiger partial charge on any atom is -1.00 e. The second kappa shape index (κ2) is 27.8. The smallest absolute Gasteiger partial charge is 1.00 e. The zero-order valence-corrected chi connectivity index (χ0v) is 18.1. The first kappa shape index (κ1) is 31.7. The van der Waals surface area contributed by atoms with Gasteiger partial charge in [-0.2, -0.15) is 24.3 Å². The molecule has 0 heterocycles. The van der Waals surface area contributed by atoms with E-state index in [4.69, 9.17) is 0 Å². The molecule has 0 N–H and O–H groups in total. The van der Waals surface area contributed by atoms with Crippen LogP contribution >= 0.6 is 0 Å². The summed E-state index contributed by atoms with van der Waals surface area (Å²) in [7, 11) is 0.